The Morgan fingerprint density at radius 2 is 2.25 bits per heavy atom. The van der Waals surface area contributed by atoms with Crippen molar-refractivity contribution in [2.24, 2.45) is 11.7 Å². The Labute approximate surface area is 138 Å². The van der Waals surface area contributed by atoms with Crippen LogP contribution in [-0.2, 0) is 10.2 Å². The third-order valence-electron chi connectivity index (χ3n) is 3.33. The van der Waals surface area contributed by atoms with E-state index in [1.54, 1.807) is 12.1 Å². The Kier molecular flexibility index (Phi) is 5.52. The summed E-state index contributed by atoms with van der Waals surface area (Å²) < 4.78 is 29.7. The van der Waals surface area contributed by atoms with Crippen LogP contribution in [0.5, 0.6) is 0 Å². The molecule has 0 bridgehead atoms. The third-order valence-corrected chi connectivity index (χ3v) is 5.80. The van der Waals surface area contributed by atoms with Crippen molar-refractivity contribution >= 4 is 50.1 Å². The first-order chi connectivity index (χ1) is 9.42. The van der Waals surface area contributed by atoms with Crippen molar-refractivity contribution in [3.63, 3.8) is 0 Å². The Morgan fingerprint density at radius 1 is 1.50 bits per heavy atom. The van der Waals surface area contributed by atoms with Crippen LogP contribution in [0.1, 0.15) is 12.8 Å². The van der Waals surface area contributed by atoms with E-state index >= 15 is 0 Å². The van der Waals surface area contributed by atoms with Crippen LogP contribution in [0.15, 0.2) is 18.2 Å². The molecule has 1 heterocycles. The molecule has 1 atom stereocenters. The minimum Gasteiger partial charge on any atom is -0.330 e. The second kappa shape index (κ2) is 6.78. The van der Waals surface area contributed by atoms with Crippen molar-refractivity contribution in [2.45, 2.75) is 12.8 Å². The number of halogens is 2. The van der Waals surface area contributed by atoms with E-state index in [0.29, 0.717) is 30.3 Å². The second-order valence-electron chi connectivity index (χ2n) is 4.83. The van der Waals surface area contributed by atoms with Gasteiger partial charge in [-0.15, -0.1) is 0 Å². The molecule has 0 spiro atoms. The van der Waals surface area contributed by atoms with Crippen molar-refractivity contribution in [1.82, 2.24) is 4.31 Å². The van der Waals surface area contributed by atoms with Gasteiger partial charge in [-0.1, -0.05) is 11.6 Å². The van der Waals surface area contributed by atoms with Gasteiger partial charge in [0.2, 0.25) is 0 Å². The first kappa shape index (κ1) is 16.3. The van der Waals surface area contributed by atoms with E-state index in [4.69, 9.17) is 17.3 Å². The highest BCUT2D eigenvalue weighted by Gasteiger charge is 2.28. The van der Waals surface area contributed by atoms with Crippen LogP contribution in [0.25, 0.3) is 0 Å². The first-order valence-electron chi connectivity index (χ1n) is 6.35. The number of hydrogen-bond acceptors (Lipinski definition) is 3. The van der Waals surface area contributed by atoms with Crippen LogP contribution < -0.4 is 10.5 Å². The summed E-state index contributed by atoms with van der Waals surface area (Å²) in [5, 5.41) is 0.396. The van der Waals surface area contributed by atoms with Gasteiger partial charge in [0, 0.05) is 16.7 Å². The minimum absolute atomic E-state index is 0.229. The molecule has 8 heteroatoms. The molecule has 1 aliphatic rings. The topological polar surface area (TPSA) is 75.4 Å². The van der Waals surface area contributed by atoms with Gasteiger partial charge in [-0.05, 0) is 66.1 Å². The molecule has 2 rings (SSSR count). The Morgan fingerprint density at radius 3 is 2.90 bits per heavy atom. The van der Waals surface area contributed by atoms with Gasteiger partial charge < -0.3 is 5.73 Å². The van der Waals surface area contributed by atoms with E-state index in [2.05, 4.69) is 27.3 Å². The van der Waals surface area contributed by atoms with Gasteiger partial charge >= 0.3 is 10.2 Å². The number of anilines is 1. The van der Waals surface area contributed by atoms with Crippen LogP contribution in [0.3, 0.4) is 0 Å². The molecule has 0 radical (unpaired) electrons. The van der Waals surface area contributed by atoms with E-state index in [-0.39, 0.29) is 5.92 Å². The Hall–Kier alpha value is -0.0900. The molecule has 0 aliphatic carbocycles. The lowest BCUT2D eigenvalue weighted by Gasteiger charge is -2.31. The van der Waals surface area contributed by atoms with Gasteiger partial charge in [0.25, 0.3) is 0 Å². The first-order valence-corrected chi connectivity index (χ1v) is 9.25. The highest BCUT2D eigenvalue weighted by Crippen LogP contribution is 2.26. The van der Waals surface area contributed by atoms with Gasteiger partial charge in [0.1, 0.15) is 0 Å². The smallest absolute Gasteiger partial charge is 0.301 e. The number of nitrogens with one attached hydrogen (secondary N) is 1. The Bertz CT molecular complexity index is 582. The fourth-order valence-electron chi connectivity index (χ4n) is 2.21. The summed E-state index contributed by atoms with van der Waals surface area (Å²) in [6.07, 6.45) is 1.82. The highest BCUT2D eigenvalue weighted by atomic mass is 127. The molecule has 0 saturated carbocycles. The van der Waals surface area contributed by atoms with Crippen LogP contribution in [-0.4, -0.2) is 32.4 Å². The molecule has 1 aromatic rings. The molecule has 1 saturated heterocycles. The summed E-state index contributed by atoms with van der Waals surface area (Å²) in [7, 11) is -3.57. The largest absolute Gasteiger partial charge is 0.330 e. The summed E-state index contributed by atoms with van der Waals surface area (Å²) in [6.45, 7) is 1.50. The lowest BCUT2D eigenvalue weighted by Crippen LogP contribution is -2.44. The summed E-state index contributed by atoms with van der Waals surface area (Å²) in [6, 6.07) is 5.20. The zero-order chi connectivity index (χ0) is 14.8. The summed E-state index contributed by atoms with van der Waals surface area (Å²) >= 11 is 8.18. The van der Waals surface area contributed by atoms with E-state index in [9.17, 15) is 8.42 Å². The predicted molar refractivity (Wildman–Crippen MR) is 90.1 cm³/mol. The lowest BCUT2D eigenvalue weighted by molar-refractivity contribution is 0.273. The number of rotatable bonds is 4. The number of benzene rings is 1. The second-order valence-corrected chi connectivity index (χ2v) is 8.16. The van der Waals surface area contributed by atoms with Crippen LogP contribution in [0, 0.1) is 9.49 Å². The maximum absolute atomic E-state index is 12.4. The third kappa shape index (κ3) is 3.97. The Balaban J connectivity index is 2.14. The zero-order valence-corrected chi connectivity index (χ0v) is 14.6. The van der Waals surface area contributed by atoms with E-state index in [1.807, 2.05) is 6.07 Å². The van der Waals surface area contributed by atoms with Crippen molar-refractivity contribution in [3.8, 4) is 0 Å². The van der Waals surface area contributed by atoms with E-state index in [0.717, 1.165) is 16.4 Å². The van der Waals surface area contributed by atoms with Gasteiger partial charge in [0.05, 0.1) is 10.7 Å². The average molecular weight is 430 g/mol. The highest BCUT2D eigenvalue weighted by molar-refractivity contribution is 14.1. The molecule has 1 aliphatic heterocycles. The number of hydrogen-bond donors (Lipinski definition) is 2. The van der Waals surface area contributed by atoms with Crippen molar-refractivity contribution in [3.05, 3.63) is 26.8 Å². The molecular formula is C12H17ClIN3O2S. The lowest BCUT2D eigenvalue weighted by atomic mass is 10.0. The predicted octanol–water partition coefficient (Wildman–Crippen LogP) is 2.27. The molecule has 1 fully saturated rings. The normalized spacial score (nSPS) is 20.9. The quantitative estimate of drug-likeness (QED) is 0.721. The van der Waals surface area contributed by atoms with Gasteiger partial charge in [0.15, 0.2) is 0 Å². The molecule has 3 N–H and O–H groups in total. The fraction of sp³-hybridized carbons (Fsp3) is 0.500. The van der Waals surface area contributed by atoms with Crippen LogP contribution in [0.4, 0.5) is 5.69 Å². The van der Waals surface area contributed by atoms with Crippen molar-refractivity contribution in [2.75, 3.05) is 24.4 Å². The van der Waals surface area contributed by atoms with Crippen LogP contribution >= 0.6 is 34.2 Å². The summed E-state index contributed by atoms with van der Waals surface area (Å²) in [5.41, 5.74) is 6.04. The molecule has 5 nitrogen and oxygen atoms in total. The van der Waals surface area contributed by atoms with Crippen LogP contribution in [0.2, 0.25) is 5.02 Å². The van der Waals surface area contributed by atoms with Gasteiger partial charge in [-0.25, -0.2) is 0 Å². The zero-order valence-electron chi connectivity index (χ0n) is 10.9. The monoisotopic (exact) mass is 429 g/mol. The maximum atomic E-state index is 12.4. The molecule has 0 amide bonds. The number of piperidine rings is 1. The van der Waals surface area contributed by atoms with Crippen molar-refractivity contribution < 1.29 is 8.42 Å². The average Bonchev–Trinajstić information content (AvgIpc) is 2.42. The molecule has 1 unspecified atom stereocenters. The molecule has 20 heavy (non-hydrogen) atoms. The fourth-order valence-corrected chi connectivity index (χ4v) is 4.53. The molecule has 0 aromatic heterocycles. The van der Waals surface area contributed by atoms with Crippen molar-refractivity contribution in [1.29, 1.82) is 0 Å². The summed E-state index contributed by atoms with van der Waals surface area (Å²) in [4.78, 5) is 0. The number of nitrogens with two attached hydrogens (primary N) is 1. The summed E-state index contributed by atoms with van der Waals surface area (Å²) in [5.74, 6) is 0.229. The molecular weight excluding hydrogens is 413 g/mol. The SMILES string of the molecule is NCC1CCCN(S(=O)(=O)Nc2ccc(I)cc2Cl)C1. The molecule has 112 valence electrons. The van der Waals surface area contributed by atoms with Gasteiger partial charge in [-0.3, -0.25) is 4.72 Å². The van der Waals surface area contributed by atoms with E-state index in [1.165, 1.54) is 4.31 Å². The van der Waals surface area contributed by atoms with E-state index < -0.39 is 10.2 Å². The standard InChI is InChI=1S/C12H17ClIN3O2S/c13-11-6-10(14)3-4-12(11)16-20(18,19)17-5-1-2-9(7-15)8-17/h3-4,6,9,16H,1-2,5,7-8,15H2. The van der Waals surface area contributed by atoms with Gasteiger partial charge in [-0.2, -0.15) is 12.7 Å². The minimum atomic E-state index is -3.57. The molecule has 1 aromatic carbocycles. The number of nitrogens with zero attached hydrogens (tertiary/aromatic N) is 1. The maximum Gasteiger partial charge on any atom is 0.301 e.